The molecule has 1 fully saturated rings. The molecule has 5 nitrogen and oxygen atoms in total. The van der Waals surface area contributed by atoms with Crippen molar-refractivity contribution in [1.82, 2.24) is 19.9 Å². The maximum absolute atomic E-state index is 5.90. The summed E-state index contributed by atoms with van der Waals surface area (Å²) in [5.74, 6) is 0. The first-order valence-corrected chi connectivity index (χ1v) is 7.55. The molecule has 0 aliphatic carbocycles. The van der Waals surface area contributed by atoms with Gasteiger partial charge in [0.2, 0.25) is 0 Å². The molecule has 3 rings (SSSR count). The van der Waals surface area contributed by atoms with Crippen molar-refractivity contribution >= 4 is 11.6 Å². The predicted molar refractivity (Wildman–Crippen MR) is 83.4 cm³/mol. The van der Waals surface area contributed by atoms with Crippen LogP contribution in [0.25, 0.3) is 5.69 Å². The zero-order valence-corrected chi connectivity index (χ0v) is 12.9. The zero-order valence-electron chi connectivity index (χ0n) is 12.2. The number of nitrogens with zero attached hydrogens (tertiary/aromatic N) is 4. The Hall–Kier alpha value is -1.43. The summed E-state index contributed by atoms with van der Waals surface area (Å²) in [5.41, 5.74) is 8.03. The number of aromatic nitrogens is 3. The van der Waals surface area contributed by atoms with Gasteiger partial charge in [-0.15, -0.1) is 5.10 Å². The van der Waals surface area contributed by atoms with Gasteiger partial charge in [-0.1, -0.05) is 23.7 Å². The van der Waals surface area contributed by atoms with E-state index in [1.165, 1.54) is 0 Å². The molecule has 0 saturated carbocycles. The normalized spacial score (nSPS) is 22.8. The van der Waals surface area contributed by atoms with Crippen molar-refractivity contribution in [2.75, 3.05) is 19.6 Å². The van der Waals surface area contributed by atoms with Crippen LogP contribution in [0.15, 0.2) is 30.5 Å². The second kappa shape index (κ2) is 5.75. The molecule has 112 valence electrons. The van der Waals surface area contributed by atoms with Gasteiger partial charge in [0.05, 0.1) is 17.6 Å². The van der Waals surface area contributed by atoms with Crippen LogP contribution in [0, 0.1) is 5.41 Å². The molecule has 0 spiro atoms. The van der Waals surface area contributed by atoms with Gasteiger partial charge in [0, 0.05) is 18.1 Å². The van der Waals surface area contributed by atoms with Crippen molar-refractivity contribution in [3.8, 4) is 5.69 Å². The Morgan fingerprint density at radius 2 is 2.10 bits per heavy atom. The molecule has 1 aliphatic heterocycles. The Morgan fingerprint density at radius 1 is 1.33 bits per heavy atom. The van der Waals surface area contributed by atoms with E-state index in [0.29, 0.717) is 0 Å². The number of hydrogen-bond acceptors (Lipinski definition) is 4. The maximum atomic E-state index is 5.90. The molecule has 1 unspecified atom stereocenters. The van der Waals surface area contributed by atoms with E-state index >= 15 is 0 Å². The van der Waals surface area contributed by atoms with Gasteiger partial charge in [-0.25, -0.2) is 4.68 Å². The quantitative estimate of drug-likeness (QED) is 0.939. The summed E-state index contributed by atoms with van der Waals surface area (Å²) in [6.45, 7) is 5.90. The smallest absolute Gasteiger partial charge is 0.0971 e. The third-order valence-electron chi connectivity index (χ3n) is 4.15. The molecule has 2 N–H and O–H groups in total. The fraction of sp³-hybridized carbons (Fsp3) is 0.467. The van der Waals surface area contributed by atoms with Crippen molar-refractivity contribution in [3.63, 3.8) is 0 Å². The first kappa shape index (κ1) is 14.5. The van der Waals surface area contributed by atoms with E-state index in [0.717, 1.165) is 49.0 Å². The summed E-state index contributed by atoms with van der Waals surface area (Å²) in [6.07, 6.45) is 3.12. The first-order valence-electron chi connectivity index (χ1n) is 7.18. The van der Waals surface area contributed by atoms with Crippen LogP contribution in [0.4, 0.5) is 0 Å². The molecule has 6 heteroatoms. The molecule has 0 amide bonds. The molecular weight excluding hydrogens is 286 g/mol. The Morgan fingerprint density at radius 3 is 2.76 bits per heavy atom. The Kier molecular flexibility index (Phi) is 3.97. The maximum Gasteiger partial charge on any atom is 0.0971 e. The summed E-state index contributed by atoms with van der Waals surface area (Å²) in [6, 6.07) is 7.57. The van der Waals surface area contributed by atoms with E-state index in [9.17, 15) is 0 Å². The largest absolute Gasteiger partial charge is 0.330 e. The Labute approximate surface area is 129 Å². The van der Waals surface area contributed by atoms with Crippen molar-refractivity contribution < 1.29 is 0 Å². The van der Waals surface area contributed by atoms with E-state index in [-0.39, 0.29) is 5.41 Å². The highest BCUT2D eigenvalue weighted by Gasteiger charge is 2.32. The van der Waals surface area contributed by atoms with Crippen LogP contribution in [0.3, 0.4) is 0 Å². The molecule has 0 radical (unpaired) electrons. The van der Waals surface area contributed by atoms with E-state index in [2.05, 4.69) is 22.1 Å². The average Bonchev–Trinajstić information content (AvgIpc) is 3.08. The number of hydrogen-bond donors (Lipinski definition) is 1. The number of likely N-dealkylation sites (tertiary alicyclic amines) is 1. The minimum absolute atomic E-state index is 0.242. The Bertz CT molecular complexity index is 609. The lowest BCUT2D eigenvalue weighted by molar-refractivity contribution is 0.272. The summed E-state index contributed by atoms with van der Waals surface area (Å²) in [4.78, 5) is 2.39. The topological polar surface area (TPSA) is 60.0 Å². The molecule has 21 heavy (non-hydrogen) atoms. The number of halogens is 1. The Balaban J connectivity index is 1.67. The van der Waals surface area contributed by atoms with Crippen molar-refractivity contribution in [1.29, 1.82) is 0 Å². The first-order chi connectivity index (χ1) is 10.1. The van der Waals surface area contributed by atoms with E-state index in [4.69, 9.17) is 17.3 Å². The monoisotopic (exact) mass is 305 g/mol. The van der Waals surface area contributed by atoms with Crippen LogP contribution in [0.1, 0.15) is 19.0 Å². The van der Waals surface area contributed by atoms with Gasteiger partial charge in [0.1, 0.15) is 0 Å². The van der Waals surface area contributed by atoms with Crippen molar-refractivity contribution in [2.45, 2.75) is 19.9 Å². The number of nitrogens with two attached hydrogens (primary N) is 1. The van der Waals surface area contributed by atoms with E-state index in [1.807, 2.05) is 30.5 Å². The summed E-state index contributed by atoms with van der Waals surface area (Å²) in [7, 11) is 0. The third kappa shape index (κ3) is 3.26. The van der Waals surface area contributed by atoms with Crippen molar-refractivity contribution in [2.24, 2.45) is 11.1 Å². The summed E-state index contributed by atoms with van der Waals surface area (Å²) < 4.78 is 1.78. The summed E-state index contributed by atoms with van der Waals surface area (Å²) in [5, 5.41) is 9.17. The van der Waals surface area contributed by atoms with Gasteiger partial charge < -0.3 is 5.73 Å². The highest BCUT2D eigenvalue weighted by atomic mass is 35.5. The van der Waals surface area contributed by atoms with Crippen LogP contribution in [0.5, 0.6) is 0 Å². The predicted octanol–water partition coefficient (Wildman–Crippen LogP) is 2.09. The minimum Gasteiger partial charge on any atom is -0.330 e. The molecular formula is C15H20ClN5. The highest BCUT2D eigenvalue weighted by molar-refractivity contribution is 6.30. The fourth-order valence-electron chi connectivity index (χ4n) is 2.75. The lowest BCUT2D eigenvalue weighted by Gasteiger charge is -2.21. The standard InChI is InChI=1S/C15H20ClN5/c1-15(10-17)6-7-20(11-15)8-13-9-21(19-18-13)14-4-2-12(16)3-5-14/h2-5,9H,6-8,10-11,17H2,1H3. The fourth-order valence-corrected chi connectivity index (χ4v) is 2.87. The van der Waals surface area contributed by atoms with E-state index in [1.54, 1.807) is 4.68 Å². The zero-order chi connectivity index (χ0) is 14.9. The SMILES string of the molecule is CC1(CN)CCN(Cc2cn(-c3ccc(Cl)cc3)nn2)C1. The van der Waals surface area contributed by atoms with Crippen LogP contribution in [0.2, 0.25) is 5.02 Å². The number of rotatable bonds is 4. The van der Waals surface area contributed by atoms with Crippen LogP contribution < -0.4 is 5.73 Å². The van der Waals surface area contributed by atoms with Gasteiger partial charge in [0.25, 0.3) is 0 Å². The molecule has 0 bridgehead atoms. The van der Waals surface area contributed by atoms with Gasteiger partial charge >= 0.3 is 0 Å². The van der Waals surface area contributed by atoms with Crippen LogP contribution >= 0.6 is 11.6 Å². The number of benzene rings is 1. The van der Waals surface area contributed by atoms with Gasteiger partial charge in [-0.3, -0.25) is 4.90 Å². The average molecular weight is 306 g/mol. The summed E-state index contributed by atoms with van der Waals surface area (Å²) >= 11 is 5.90. The second-order valence-corrected chi connectivity index (χ2v) is 6.54. The van der Waals surface area contributed by atoms with Crippen LogP contribution in [-0.2, 0) is 6.54 Å². The molecule has 1 aliphatic rings. The molecule has 1 atom stereocenters. The van der Waals surface area contributed by atoms with Crippen LogP contribution in [-0.4, -0.2) is 39.5 Å². The lowest BCUT2D eigenvalue weighted by atomic mass is 9.90. The second-order valence-electron chi connectivity index (χ2n) is 6.11. The van der Waals surface area contributed by atoms with E-state index < -0.39 is 0 Å². The third-order valence-corrected chi connectivity index (χ3v) is 4.40. The van der Waals surface area contributed by atoms with Gasteiger partial charge in [0.15, 0.2) is 0 Å². The van der Waals surface area contributed by atoms with Gasteiger partial charge in [-0.2, -0.15) is 0 Å². The molecule has 2 aromatic rings. The van der Waals surface area contributed by atoms with Crippen molar-refractivity contribution in [3.05, 3.63) is 41.2 Å². The molecule has 1 aromatic heterocycles. The molecule has 1 saturated heterocycles. The lowest BCUT2D eigenvalue weighted by Crippen LogP contribution is -2.31. The van der Waals surface area contributed by atoms with Gasteiger partial charge in [-0.05, 0) is 49.2 Å². The highest BCUT2D eigenvalue weighted by Crippen LogP contribution is 2.29. The molecule has 1 aromatic carbocycles. The molecule has 2 heterocycles. The minimum atomic E-state index is 0.242.